The second-order valence-corrected chi connectivity index (χ2v) is 5.21. The SMILES string of the molecule is Cc1cn2nc(C(=O)N3CCC(F)(C(N)=O)C3)ccc2n1. The fourth-order valence-corrected chi connectivity index (χ4v) is 2.42. The molecule has 2 N–H and O–H groups in total. The van der Waals surface area contributed by atoms with Gasteiger partial charge in [-0.15, -0.1) is 0 Å². The van der Waals surface area contributed by atoms with Gasteiger partial charge in [0.1, 0.15) is 5.69 Å². The van der Waals surface area contributed by atoms with E-state index < -0.39 is 17.5 Å². The number of primary amides is 1. The number of hydrogen-bond donors (Lipinski definition) is 1. The van der Waals surface area contributed by atoms with Crippen LogP contribution in [0.2, 0.25) is 0 Å². The van der Waals surface area contributed by atoms with Crippen molar-refractivity contribution in [2.24, 2.45) is 5.73 Å². The van der Waals surface area contributed by atoms with E-state index in [0.29, 0.717) is 5.65 Å². The summed E-state index contributed by atoms with van der Waals surface area (Å²) in [6.45, 7) is 1.63. The van der Waals surface area contributed by atoms with Gasteiger partial charge >= 0.3 is 0 Å². The Hall–Kier alpha value is -2.51. The number of halogens is 1. The van der Waals surface area contributed by atoms with Crippen molar-refractivity contribution in [3.8, 4) is 0 Å². The lowest BCUT2D eigenvalue weighted by atomic mass is 10.1. The number of carbonyl (C=O) groups is 2. The van der Waals surface area contributed by atoms with Gasteiger partial charge in [0.05, 0.1) is 18.4 Å². The lowest BCUT2D eigenvalue weighted by Gasteiger charge is -2.17. The molecule has 2 aromatic heterocycles. The Balaban J connectivity index is 1.86. The fraction of sp³-hybridized carbons (Fsp3) is 0.385. The van der Waals surface area contributed by atoms with Crippen LogP contribution in [0.4, 0.5) is 4.39 Å². The number of alkyl halides is 1. The summed E-state index contributed by atoms with van der Waals surface area (Å²) >= 11 is 0. The molecule has 1 fully saturated rings. The highest BCUT2D eigenvalue weighted by atomic mass is 19.1. The van der Waals surface area contributed by atoms with Crippen molar-refractivity contribution in [2.45, 2.75) is 19.0 Å². The van der Waals surface area contributed by atoms with E-state index in [1.807, 2.05) is 6.92 Å². The minimum Gasteiger partial charge on any atom is -0.367 e. The Morgan fingerprint density at radius 1 is 1.43 bits per heavy atom. The molecule has 2 aromatic rings. The van der Waals surface area contributed by atoms with E-state index in [0.717, 1.165) is 5.69 Å². The third-order valence-corrected chi connectivity index (χ3v) is 3.61. The molecule has 7 nitrogen and oxygen atoms in total. The molecule has 0 spiro atoms. The lowest BCUT2D eigenvalue weighted by molar-refractivity contribution is -0.128. The molecular formula is C13H14FN5O2. The number of rotatable bonds is 2. The predicted molar refractivity (Wildman–Crippen MR) is 71.3 cm³/mol. The molecule has 1 unspecified atom stereocenters. The van der Waals surface area contributed by atoms with Crippen LogP contribution in [0.5, 0.6) is 0 Å². The Bertz CT molecular complexity index is 743. The number of amides is 2. The van der Waals surface area contributed by atoms with E-state index in [9.17, 15) is 14.0 Å². The first-order chi connectivity index (χ1) is 9.89. The summed E-state index contributed by atoms with van der Waals surface area (Å²) in [6.07, 6.45) is 1.61. The summed E-state index contributed by atoms with van der Waals surface area (Å²) in [5, 5.41) is 4.16. The molecule has 1 atom stereocenters. The van der Waals surface area contributed by atoms with Crippen LogP contribution in [-0.2, 0) is 4.79 Å². The summed E-state index contributed by atoms with van der Waals surface area (Å²) in [6, 6.07) is 3.20. The van der Waals surface area contributed by atoms with Crippen molar-refractivity contribution in [1.29, 1.82) is 0 Å². The lowest BCUT2D eigenvalue weighted by Crippen LogP contribution is -2.43. The largest absolute Gasteiger partial charge is 0.367 e. The van der Waals surface area contributed by atoms with E-state index in [1.165, 1.54) is 15.5 Å². The highest BCUT2D eigenvalue weighted by Gasteiger charge is 2.45. The zero-order chi connectivity index (χ0) is 15.2. The molecule has 1 aliphatic rings. The van der Waals surface area contributed by atoms with E-state index in [4.69, 9.17) is 5.73 Å². The van der Waals surface area contributed by atoms with Gasteiger partial charge in [-0.2, -0.15) is 5.10 Å². The maximum atomic E-state index is 14.1. The molecule has 3 rings (SSSR count). The van der Waals surface area contributed by atoms with E-state index in [-0.39, 0.29) is 25.2 Å². The van der Waals surface area contributed by atoms with Crippen LogP contribution in [0.1, 0.15) is 22.6 Å². The molecule has 1 aliphatic heterocycles. The zero-order valence-electron chi connectivity index (χ0n) is 11.4. The maximum Gasteiger partial charge on any atom is 0.274 e. The first-order valence-electron chi connectivity index (χ1n) is 6.50. The summed E-state index contributed by atoms with van der Waals surface area (Å²) < 4.78 is 15.6. The van der Waals surface area contributed by atoms with E-state index >= 15 is 0 Å². The van der Waals surface area contributed by atoms with Gasteiger partial charge in [-0.3, -0.25) is 9.59 Å². The molecule has 8 heteroatoms. The summed E-state index contributed by atoms with van der Waals surface area (Å²) in [4.78, 5) is 28.9. The quantitative estimate of drug-likeness (QED) is 0.847. The van der Waals surface area contributed by atoms with Gasteiger partial charge < -0.3 is 10.6 Å². The highest BCUT2D eigenvalue weighted by molar-refractivity contribution is 5.94. The van der Waals surface area contributed by atoms with Crippen LogP contribution in [0.25, 0.3) is 5.65 Å². The monoisotopic (exact) mass is 291 g/mol. The normalized spacial score (nSPS) is 21.9. The predicted octanol–water partition coefficient (Wildman–Crippen LogP) is 0.0772. The average Bonchev–Trinajstić information content (AvgIpc) is 3.00. The molecular weight excluding hydrogens is 277 g/mol. The molecule has 0 bridgehead atoms. The summed E-state index contributed by atoms with van der Waals surface area (Å²) in [5.41, 5.74) is 4.47. The fourth-order valence-electron chi connectivity index (χ4n) is 2.42. The van der Waals surface area contributed by atoms with Crippen molar-refractivity contribution < 1.29 is 14.0 Å². The van der Waals surface area contributed by atoms with Gasteiger partial charge in [-0.1, -0.05) is 0 Å². The zero-order valence-corrected chi connectivity index (χ0v) is 11.4. The number of likely N-dealkylation sites (tertiary alicyclic amines) is 1. The van der Waals surface area contributed by atoms with Crippen molar-refractivity contribution in [3.63, 3.8) is 0 Å². The van der Waals surface area contributed by atoms with Gasteiger partial charge in [0.2, 0.25) is 5.67 Å². The Kier molecular flexibility index (Phi) is 2.89. The molecule has 21 heavy (non-hydrogen) atoms. The van der Waals surface area contributed by atoms with Crippen LogP contribution in [0, 0.1) is 6.92 Å². The van der Waals surface area contributed by atoms with E-state index in [2.05, 4.69) is 10.1 Å². The molecule has 3 heterocycles. The van der Waals surface area contributed by atoms with Gasteiger partial charge in [0.25, 0.3) is 11.8 Å². The second-order valence-electron chi connectivity index (χ2n) is 5.21. The Labute approximate surface area is 119 Å². The van der Waals surface area contributed by atoms with Crippen molar-refractivity contribution in [1.82, 2.24) is 19.5 Å². The summed E-state index contributed by atoms with van der Waals surface area (Å²) in [7, 11) is 0. The third kappa shape index (κ3) is 2.22. The van der Waals surface area contributed by atoms with Crippen LogP contribution in [-0.4, -0.2) is 50.1 Å². The first-order valence-corrected chi connectivity index (χ1v) is 6.50. The van der Waals surface area contributed by atoms with Gasteiger partial charge in [-0.25, -0.2) is 13.9 Å². The number of hydrogen-bond acceptors (Lipinski definition) is 4. The number of nitrogens with two attached hydrogens (primary N) is 1. The van der Waals surface area contributed by atoms with Gasteiger partial charge in [-0.05, 0) is 19.1 Å². The standard InChI is InChI=1S/C13H14FN5O2/c1-8-6-19-10(16-8)3-2-9(17-19)11(20)18-5-4-13(14,7-18)12(15)21/h2-3,6H,4-5,7H2,1H3,(H2,15,21). The number of aryl methyl sites for hydroxylation is 1. The second kappa shape index (κ2) is 4.51. The van der Waals surface area contributed by atoms with Gasteiger partial charge in [0, 0.05) is 13.0 Å². The average molecular weight is 291 g/mol. The van der Waals surface area contributed by atoms with Crippen LogP contribution in [0.15, 0.2) is 18.3 Å². The molecule has 0 aliphatic carbocycles. The van der Waals surface area contributed by atoms with E-state index in [1.54, 1.807) is 12.3 Å². The topological polar surface area (TPSA) is 93.6 Å². The molecule has 0 radical (unpaired) electrons. The number of aromatic nitrogens is 3. The number of carbonyl (C=O) groups excluding carboxylic acids is 2. The van der Waals surface area contributed by atoms with Gasteiger partial charge in [0.15, 0.2) is 5.65 Å². The molecule has 2 amide bonds. The maximum absolute atomic E-state index is 14.1. The molecule has 0 aromatic carbocycles. The number of imidazole rings is 1. The summed E-state index contributed by atoms with van der Waals surface area (Å²) in [5.74, 6) is -1.46. The molecule has 1 saturated heterocycles. The minimum absolute atomic E-state index is 0.0828. The Morgan fingerprint density at radius 3 is 2.86 bits per heavy atom. The van der Waals surface area contributed by atoms with Crippen molar-refractivity contribution in [2.75, 3.05) is 13.1 Å². The third-order valence-electron chi connectivity index (χ3n) is 3.61. The minimum atomic E-state index is -2.15. The smallest absolute Gasteiger partial charge is 0.274 e. The van der Waals surface area contributed by atoms with Crippen LogP contribution >= 0.6 is 0 Å². The molecule has 110 valence electrons. The molecule has 0 saturated carbocycles. The number of nitrogens with zero attached hydrogens (tertiary/aromatic N) is 4. The highest BCUT2D eigenvalue weighted by Crippen LogP contribution is 2.26. The van der Waals surface area contributed by atoms with Crippen molar-refractivity contribution in [3.05, 3.63) is 29.7 Å². The Morgan fingerprint density at radius 2 is 2.19 bits per heavy atom. The van der Waals surface area contributed by atoms with Crippen LogP contribution in [0.3, 0.4) is 0 Å². The van der Waals surface area contributed by atoms with Crippen molar-refractivity contribution >= 4 is 17.5 Å². The first kappa shape index (κ1) is 13.5. The van der Waals surface area contributed by atoms with Crippen LogP contribution < -0.4 is 5.73 Å². The number of fused-ring (bicyclic) bond motifs is 1.